The Hall–Kier alpha value is -1.43. The zero-order valence-corrected chi connectivity index (χ0v) is 8.39. The van der Waals surface area contributed by atoms with E-state index in [1.165, 1.54) is 0 Å². The van der Waals surface area contributed by atoms with Gasteiger partial charge in [0.25, 0.3) is 6.43 Å². The lowest BCUT2D eigenvalue weighted by atomic mass is 10.1. The fourth-order valence-electron chi connectivity index (χ4n) is 0.986. The normalized spacial score (nSPS) is 10.5. The Labute approximate surface area is 89.0 Å². The minimum absolute atomic E-state index is 0.260. The van der Waals surface area contributed by atoms with Crippen LogP contribution < -0.4 is 5.73 Å². The lowest BCUT2D eigenvalue weighted by Crippen LogP contribution is -2.10. The monoisotopic (exact) mass is 236 g/mol. The molecule has 0 aliphatic heterocycles. The average Bonchev–Trinajstić information content (AvgIpc) is 2.16. The summed E-state index contributed by atoms with van der Waals surface area (Å²) in [6.07, 6.45) is -1.99. The van der Waals surface area contributed by atoms with Crippen LogP contribution in [0, 0.1) is 0 Å². The molecule has 7 heteroatoms. The van der Waals surface area contributed by atoms with E-state index in [0.29, 0.717) is 0 Å². The third kappa shape index (κ3) is 2.15. The zero-order chi connectivity index (χ0) is 11.6. The van der Waals surface area contributed by atoms with Crippen molar-refractivity contribution in [3.63, 3.8) is 0 Å². The van der Waals surface area contributed by atoms with Crippen LogP contribution >= 0.6 is 11.6 Å². The maximum absolute atomic E-state index is 12.4. The summed E-state index contributed by atoms with van der Waals surface area (Å²) in [5.74, 6) is -0.896. The van der Waals surface area contributed by atoms with E-state index in [0.717, 1.165) is 13.3 Å². The average molecular weight is 237 g/mol. The molecule has 1 heterocycles. The number of hydrogen-bond donors (Lipinski definition) is 1. The molecular formula is C8H7ClF2N2O2. The maximum atomic E-state index is 12.4. The molecule has 1 aromatic rings. The van der Waals surface area contributed by atoms with Crippen LogP contribution in [0.2, 0.25) is 5.15 Å². The summed E-state index contributed by atoms with van der Waals surface area (Å²) in [6.45, 7) is 0. The maximum Gasteiger partial charge on any atom is 0.343 e. The number of aromatic nitrogens is 1. The molecule has 0 fully saturated rings. The number of anilines is 1. The van der Waals surface area contributed by atoms with Crippen molar-refractivity contribution in [3.8, 4) is 0 Å². The molecule has 0 radical (unpaired) electrons. The lowest BCUT2D eigenvalue weighted by Gasteiger charge is -2.09. The number of carbonyl (C=O) groups is 1. The number of esters is 1. The number of methoxy groups -OCH3 is 1. The van der Waals surface area contributed by atoms with Gasteiger partial charge in [0.1, 0.15) is 10.7 Å². The molecule has 0 saturated carbocycles. The second kappa shape index (κ2) is 4.39. The molecule has 0 saturated heterocycles. The second-order valence-electron chi connectivity index (χ2n) is 2.59. The molecule has 0 spiro atoms. The Balaban J connectivity index is 3.36. The molecule has 0 amide bonds. The van der Waals surface area contributed by atoms with Gasteiger partial charge >= 0.3 is 5.97 Å². The van der Waals surface area contributed by atoms with Gasteiger partial charge in [0.05, 0.1) is 18.4 Å². The fraction of sp³-hybridized carbons (Fsp3) is 0.250. The van der Waals surface area contributed by atoms with E-state index in [2.05, 4.69) is 9.72 Å². The predicted molar refractivity (Wildman–Crippen MR) is 50.0 cm³/mol. The summed E-state index contributed by atoms with van der Waals surface area (Å²) in [7, 11) is 1.09. The molecule has 82 valence electrons. The van der Waals surface area contributed by atoms with Gasteiger partial charge in [-0.15, -0.1) is 0 Å². The number of hydrogen-bond acceptors (Lipinski definition) is 4. The zero-order valence-electron chi connectivity index (χ0n) is 7.63. The quantitative estimate of drug-likeness (QED) is 0.630. The van der Waals surface area contributed by atoms with Crippen molar-refractivity contribution in [3.05, 3.63) is 22.5 Å². The first-order chi connectivity index (χ1) is 6.99. The predicted octanol–water partition coefficient (Wildman–Crippen LogP) is 2.04. The number of nitrogen functional groups attached to an aromatic ring is 1. The molecule has 0 aliphatic rings. The number of halogens is 3. The lowest BCUT2D eigenvalue weighted by molar-refractivity contribution is 0.0601. The highest BCUT2D eigenvalue weighted by molar-refractivity contribution is 6.33. The van der Waals surface area contributed by atoms with E-state index >= 15 is 0 Å². The van der Waals surface area contributed by atoms with Gasteiger partial charge in [-0.2, -0.15) is 0 Å². The van der Waals surface area contributed by atoms with Gasteiger partial charge in [-0.3, -0.25) is 0 Å². The van der Waals surface area contributed by atoms with Gasteiger partial charge in [0, 0.05) is 6.20 Å². The van der Waals surface area contributed by atoms with Crippen molar-refractivity contribution in [2.75, 3.05) is 12.8 Å². The van der Waals surface area contributed by atoms with Crippen LogP contribution in [-0.2, 0) is 4.74 Å². The Bertz CT molecular complexity index is 398. The largest absolute Gasteiger partial charge is 0.465 e. The minimum atomic E-state index is -2.82. The first-order valence-electron chi connectivity index (χ1n) is 3.79. The molecule has 4 nitrogen and oxygen atoms in total. The van der Waals surface area contributed by atoms with E-state index in [4.69, 9.17) is 17.3 Å². The molecule has 0 bridgehead atoms. The fourth-order valence-corrected chi connectivity index (χ4v) is 1.21. The Morgan fingerprint density at radius 1 is 1.67 bits per heavy atom. The van der Waals surface area contributed by atoms with Gasteiger partial charge in [0.2, 0.25) is 0 Å². The highest BCUT2D eigenvalue weighted by atomic mass is 35.5. The summed E-state index contributed by atoms with van der Waals surface area (Å²) >= 11 is 5.54. The Morgan fingerprint density at radius 2 is 2.27 bits per heavy atom. The number of nitrogens with zero attached hydrogens (tertiary/aromatic N) is 1. The van der Waals surface area contributed by atoms with Crippen molar-refractivity contribution in [2.24, 2.45) is 0 Å². The van der Waals surface area contributed by atoms with Crippen LogP contribution in [0.4, 0.5) is 14.5 Å². The van der Waals surface area contributed by atoms with E-state index in [9.17, 15) is 13.6 Å². The summed E-state index contributed by atoms with van der Waals surface area (Å²) in [4.78, 5) is 14.6. The van der Waals surface area contributed by atoms with Crippen molar-refractivity contribution in [1.82, 2.24) is 4.98 Å². The van der Waals surface area contributed by atoms with Gasteiger partial charge in [-0.1, -0.05) is 11.6 Å². The highest BCUT2D eigenvalue weighted by Gasteiger charge is 2.22. The van der Waals surface area contributed by atoms with Crippen LogP contribution in [0.5, 0.6) is 0 Å². The molecule has 15 heavy (non-hydrogen) atoms. The summed E-state index contributed by atoms with van der Waals surface area (Å²) in [5.41, 5.74) is 4.07. The number of ether oxygens (including phenoxy) is 1. The molecule has 0 aromatic carbocycles. The Kier molecular flexibility index (Phi) is 3.41. The van der Waals surface area contributed by atoms with Crippen LogP contribution in [-0.4, -0.2) is 18.1 Å². The molecular weight excluding hydrogens is 230 g/mol. The van der Waals surface area contributed by atoms with Gasteiger partial charge in [-0.25, -0.2) is 18.6 Å². The Morgan fingerprint density at radius 3 is 2.73 bits per heavy atom. The third-order valence-corrected chi connectivity index (χ3v) is 2.01. The van der Waals surface area contributed by atoms with Crippen molar-refractivity contribution in [1.29, 1.82) is 0 Å². The first-order valence-corrected chi connectivity index (χ1v) is 4.17. The van der Waals surface area contributed by atoms with Crippen LogP contribution in [0.1, 0.15) is 22.3 Å². The number of rotatable bonds is 2. The topological polar surface area (TPSA) is 65.2 Å². The van der Waals surface area contributed by atoms with E-state index < -0.39 is 23.6 Å². The SMILES string of the molecule is COC(=O)c1c(Cl)ncc(C(F)F)c1N. The standard InChI is InChI=1S/C8H7ClF2N2O2/c1-15-8(14)4-5(12)3(7(10)11)2-13-6(4)9/h2,7H,1H3,(H2,12,13). The van der Waals surface area contributed by atoms with Crippen LogP contribution in [0.25, 0.3) is 0 Å². The molecule has 0 unspecified atom stereocenters. The van der Waals surface area contributed by atoms with E-state index in [1.54, 1.807) is 0 Å². The number of nitrogens with two attached hydrogens (primary N) is 1. The molecule has 1 aromatic heterocycles. The number of pyridine rings is 1. The summed E-state index contributed by atoms with van der Waals surface area (Å²) in [5, 5.41) is -0.260. The van der Waals surface area contributed by atoms with Crippen molar-refractivity contribution in [2.45, 2.75) is 6.43 Å². The molecule has 1 rings (SSSR count). The van der Waals surface area contributed by atoms with Crippen LogP contribution in [0.15, 0.2) is 6.20 Å². The molecule has 0 aliphatic carbocycles. The van der Waals surface area contributed by atoms with Crippen molar-refractivity contribution >= 4 is 23.3 Å². The minimum Gasteiger partial charge on any atom is -0.465 e. The number of carbonyl (C=O) groups excluding carboxylic acids is 1. The van der Waals surface area contributed by atoms with E-state index in [1.807, 2.05) is 0 Å². The second-order valence-corrected chi connectivity index (χ2v) is 2.94. The third-order valence-electron chi connectivity index (χ3n) is 1.73. The van der Waals surface area contributed by atoms with E-state index in [-0.39, 0.29) is 10.7 Å². The summed E-state index contributed by atoms with van der Waals surface area (Å²) < 4.78 is 29.1. The molecule has 2 N–H and O–H groups in total. The highest BCUT2D eigenvalue weighted by Crippen LogP contribution is 2.30. The van der Waals surface area contributed by atoms with Gasteiger partial charge in [-0.05, 0) is 0 Å². The van der Waals surface area contributed by atoms with Gasteiger partial charge in [0.15, 0.2) is 0 Å². The van der Waals surface area contributed by atoms with Crippen LogP contribution in [0.3, 0.4) is 0 Å². The number of alkyl halides is 2. The van der Waals surface area contributed by atoms with Gasteiger partial charge < -0.3 is 10.5 Å². The molecule has 0 atom stereocenters. The first kappa shape index (κ1) is 11.6. The van der Waals surface area contributed by atoms with Crippen molar-refractivity contribution < 1.29 is 18.3 Å². The summed E-state index contributed by atoms with van der Waals surface area (Å²) in [6, 6.07) is 0. The smallest absolute Gasteiger partial charge is 0.343 e.